The quantitative estimate of drug-likeness (QED) is 0.640. The number of unbranched alkanes of at least 4 members (excludes halogenated alkanes) is 1. The lowest BCUT2D eigenvalue weighted by molar-refractivity contribution is -0.0737. The Kier molecular flexibility index (Phi) is 4.07. The Balaban J connectivity index is 1.82. The van der Waals surface area contributed by atoms with E-state index >= 15 is 0 Å². The van der Waals surface area contributed by atoms with Crippen LogP contribution in [0.5, 0.6) is 0 Å². The Hall–Kier alpha value is -0.300. The van der Waals surface area contributed by atoms with Crippen LogP contribution in [0.4, 0.5) is 0 Å². The van der Waals surface area contributed by atoms with E-state index in [1.165, 1.54) is 51.4 Å². The Morgan fingerprint density at radius 3 is 2.75 bits per heavy atom. The van der Waals surface area contributed by atoms with Crippen LogP contribution in [0.25, 0.3) is 0 Å². The maximum Gasteiger partial charge on any atom is 0.0723 e. The van der Waals surface area contributed by atoms with Crippen molar-refractivity contribution in [1.29, 1.82) is 0 Å². The van der Waals surface area contributed by atoms with E-state index in [2.05, 4.69) is 19.9 Å². The third kappa shape index (κ3) is 2.88. The van der Waals surface area contributed by atoms with Gasteiger partial charge in [-0.1, -0.05) is 37.8 Å². The monoisotopic (exact) mass is 222 g/mol. The molecule has 0 amide bonds. The highest BCUT2D eigenvalue weighted by Gasteiger charge is 2.37. The van der Waals surface area contributed by atoms with Gasteiger partial charge in [-0.2, -0.15) is 0 Å². The molecule has 92 valence electrons. The smallest absolute Gasteiger partial charge is 0.0723 e. The summed E-state index contributed by atoms with van der Waals surface area (Å²) >= 11 is 0. The molecule has 1 heteroatoms. The molecule has 16 heavy (non-hydrogen) atoms. The normalized spacial score (nSPS) is 35.1. The predicted molar refractivity (Wildman–Crippen MR) is 68.5 cm³/mol. The molecule has 0 atom stereocenters. The fraction of sp³-hybridized carbons (Fsp3) is 0.867. The van der Waals surface area contributed by atoms with Crippen molar-refractivity contribution >= 4 is 0 Å². The Morgan fingerprint density at radius 2 is 2.12 bits per heavy atom. The number of hydrogen-bond acceptors (Lipinski definition) is 1. The van der Waals surface area contributed by atoms with Crippen LogP contribution in [-0.2, 0) is 4.74 Å². The average Bonchev–Trinajstić information content (AvgIpc) is 2.28. The van der Waals surface area contributed by atoms with E-state index < -0.39 is 0 Å². The zero-order valence-electron chi connectivity index (χ0n) is 10.9. The van der Waals surface area contributed by atoms with Crippen molar-refractivity contribution in [3.05, 3.63) is 11.6 Å². The van der Waals surface area contributed by atoms with Gasteiger partial charge in [0.15, 0.2) is 0 Å². The minimum atomic E-state index is 0.238. The second-order valence-corrected chi connectivity index (χ2v) is 5.81. The van der Waals surface area contributed by atoms with Gasteiger partial charge in [0.25, 0.3) is 0 Å². The van der Waals surface area contributed by atoms with E-state index in [0.29, 0.717) is 0 Å². The van der Waals surface area contributed by atoms with Gasteiger partial charge in [-0.25, -0.2) is 0 Å². The number of hydrogen-bond donors (Lipinski definition) is 0. The molecule has 2 rings (SSSR count). The summed E-state index contributed by atoms with van der Waals surface area (Å²) in [5.74, 6) is 0.986. The van der Waals surface area contributed by atoms with E-state index in [-0.39, 0.29) is 5.60 Å². The summed E-state index contributed by atoms with van der Waals surface area (Å²) in [6, 6.07) is 0. The number of ether oxygens (including phenoxy) is 1. The molecule has 0 bridgehead atoms. The molecule has 0 aromatic rings. The molecular weight excluding hydrogens is 196 g/mol. The fourth-order valence-electron chi connectivity index (χ4n) is 3.30. The molecule has 1 fully saturated rings. The van der Waals surface area contributed by atoms with Gasteiger partial charge in [0.05, 0.1) is 12.2 Å². The van der Waals surface area contributed by atoms with Crippen molar-refractivity contribution < 1.29 is 4.74 Å². The van der Waals surface area contributed by atoms with E-state index in [9.17, 15) is 0 Å². The highest BCUT2D eigenvalue weighted by Crippen LogP contribution is 2.42. The van der Waals surface area contributed by atoms with Crippen LogP contribution in [0.3, 0.4) is 0 Å². The van der Waals surface area contributed by atoms with Crippen LogP contribution < -0.4 is 0 Å². The van der Waals surface area contributed by atoms with Crippen LogP contribution in [-0.4, -0.2) is 12.2 Å². The van der Waals surface area contributed by atoms with Gasteiger partial charge < -0.3 is 4.74 Å². The van der Waals surface area contributed by atoms with E-state index in [4.69, 9.17) is 4.74 Å². The summed E-state index contributed by atoms with van der Waals surface area (Å²) in [4.78, 5) is 0. The highest BCUT2D eigenvalue weighted by molar-refractivity contribution is 5.09. The lowest BCUT2D eigenvalue weighted by Gasteiger charge is -2.42. The zero-order valence-corrected chi connectivity index (χ0v) is 10.9. The molecular formula is C15H26O. The van der Waals surface area contributed by atoms with Crippen molar-refractivity contribution in [1.82, 2.24) is 0 Å². The maximum atomic E-state index is 6.05. The summed E-state index contributed by atoms with van der Waals surface area (Å²) in [7, 11) is 0. The van der Waals surface area contributed by atoms with Gasteiger partial charge >= 0.3 is 0 Å². The second-order valence-electron chi connectivity index (χ2n) is 5.81. The summed E-state index contributed by atoms with van der Waals surface area (Å²) in [6.07, 6.45) is 13.0. The SMILES string of the molecule is CCCCC1CCC2(CC1)CC(C)=CCO2. The molecule has 1 spiro atoms. The molecule has 0 saturated heterocycles. The zero-order chi connectivity index (χ0) is 11.4. The molecule has 1 saturated carbocycles. The molecule has 0 unspecified atom stereocenters. The lowest BCUT2D eigenvalue weighted by atomic mass is 9.74. The Labute approximate surface area is 100 Å². The first-order valence-electron chi connectivity index (χ1n) is 7.04. The van der Waals surface area contributed by atoms with E-state index in [1.54, 1.807) is 5.57 Å². The minimum Gasteiger partial charge on any atom is -0.371 e. The van der Waals surface area contributed by atoms with Crippen molar-refractivity contribution in [2.24, 2.45) is 5.92 Å². The van der Waals surface area contributed by atoms with Crippen LogP contribution in [0.2, 0.25) is 0 Å². The largest absolute Gasteiger partial charge is 0.371 e. The maximum absolute atomic E-state index is 6.05. The van der Waals surface area contributed by atoms with Gasteiger partial charge in [0.2, 0.25) is 0 Å². The molecule has 1 aliphatic heterocycles. The topological polar surface area (TPSA) is 9.23 Å². The standard InChI is InChI=1S/C15H26O/c1-3-4-5-14-6-9-15(10-7-14)12-13(2)8-11-16-15/h8,14H,3-7,9-12H2,1-2H3. The van der Waals surface area contributed by atoms with Gasteiger partial charge in [-0.3, -0.25) is 0 Å². The molecule has 1 nitrogen and oxygen atoms in total. The van der Waals surface area contributed by atoms with Crippen LogP contribution in [0, 0.1) is 5.92 Å². The van der Waals surface area contributed by atoms with Gasteiger partial charge in [0.1, 0.15) is 0 Å². The van der Waals surface area contributed by atoms with Crippen molar-refractivity contribution in [3.63, 3.8) is 0 Å². The molecule has 1 aliphatic carbocycles. The van der Waals surface area contributed by atoms with Crippen molar-refractivity contribution in [3.8, 4) is 0 Å². The first-order valence-corrected chi connectivity index (χ1v) is 7.04. The lowest BCUT2D eigenvalue weighted by Crippen LogP contribution is -2.39. The summed E-state index contributed by atoms with van der Waals surface area (Å²) in [5, 5.41) is 0. The van der Waals surface area contributed by atoms with Crippen LogP contribution >= 0.6 is 0 Å². The molecule has 2 aliphatic rings. The van der Waals surface area contributed by atoms with Gasteiger partial charge in [0, 0.05) is 0 Å². The molecule has 0 aromatic heterocycles. The summed E-state index contributed by atoms with van der Waals surface area (Å²) in [5.41, 5.74) is 1.78. The van der Waals surface area contributed by atoms with Gasteiger partial charge in [-0.05, 0) is 44.9 Å². The predicted octanol–water partition coefficient (Wildman–Crippen LogP) is 4.47. The summed E-state index contributed by atoms with van der Waals surface area (Å²) < 4.78 is 6.05. The first-order chi connectivity index (χ1) is 7.74. The van der Waals surface area contributed by atoms with Crippen LogP contribution in [0.15, 0.2) is 11.6 Å². The van der Waals surface area contributed by atoms with Gasteiger partial charge in [-0.15, -0.1) is 0 Å². The molecule has 0 aromatic carbocycles. The van der Waals surface area contributed by atoms with Crippen molar-refractivity contribution in [2.75, 3.05) is 6.61 Å². The average molecular weight is 222 g/mol. The Bertz CT molecular complexity index is 246. The van der Waals surface area contributed by atoms with Crippen molar-refractivity contribution in [2.45, 2.75) is 70.8 Å². The van der Waals surface area contributed by atoms with Crippen LogP contribution in [0.1, 0.15) is 65.2 Å². The molecule has 0 N–H and O–H groups in total. The highest BCUT2D eigenvalue weighted by atomic mass is 16.5. The minimum absolute atomic E-state index is 0.238. The third-order valence-electron chi connectivity index (χ3n) is 4.40. The fourth-order valence-corrected chi connectivity index (χ4v) is 3.30. The molecule has 1 heterocycles. The first kappa shape index (κ1) is 12.2. The van der Waals surface area contributed by atoms with E-state index in [1.807, 2.05) is 0 Å². The third-order valence-corrected chi connectivity index (χ3v) is 4.40. The number of rotatable bonds is 3. The summed E-state index contributed by atoms with van der Waals surface area (Å²) in [6.45, 7) is 5.40. The Morgan fingerprint density at radius 1 is 1.38 bits per heavy atom. The molecule has 0 radical (unpaired) electrons. The van der Waals surface area contributed by atoms with E-state index in [0.717, 1.165) is 12.5 Å². The second kappa shape index (κ2) is 5.35.